The number of rotatable bonds is 6. The molecule has 1 unspecified atom stereocenters. The molecule has 0 aliphatic heterocycles. The summed E-state index contributed by atoms with van der Waals surface area (Å²) in [6, 6.07) is 5.61. The molecule has 5 heteroatoms. The van der Waals surface area contributed by atoms with E-state index in [1.807, 2.05) is 24.1 Å². The molecule has 1 atom stereocenters. The lowest BCUT2D eigenvalue weighted by Gasteiger charge is -2.20. The van der Waals surface area contributed by atoms with Crippen LogP contribution in [0, 0.1) is 11.3 Å². The van der Waals surface area contributed by atoms with E-state index < -0.39 is 6.10 Å². The minimum Gasteiger partial charge on any atom is -0.389 e. The van der Waals surface area contributed by atoms with Crippen LogP contribution in [-0.2, 0) is 11.3 Å². The standard InChI is InChI=1S/C12H17N3O2/c1-15(8-12(16)9-17-2)7-10-3-4-14-11(5-10)6-13/h3-5,12,16H,7-9H2,1-2H3. The van der Waals surface area contributed by atoms with Gasteiger partial charge in [-0.25, -0.2) is 4.98 Å². The molecule has 0 aromatic carbocycles. The molecule has 0 spiro atoms. The number of aromatic nitrogens is 1. The smallest absolute Gasteiger partial charge is 0.140 e. The summed E-state index contributed by atoms with van der Waals surface area (Å²) in [4.78, 5) is 5.88. The lowest BCUT2D eigenvalue weighted by Crippen LogP contribution is -2.31. The Hall–Kier alpha value is -1.48. The summed E-state index contributed by atoms with van der Waals surface area (Å²) >= 11 is 0. The van der Waals surface area contributed by atoms with E-state index in [0.717, 1.165) is 5.56 Å². The zero-order chi connectivity index (χ0) is 12.7. The van der Waals surface area contributed by atoms with Crippen LogP contribution in [0.25, 0.3) is 0 Å². The maximum absolute atomic E-state index is 9.57. The molecule has 0 radical (unpaired) electrons. The van der Waals surface area contributed by atoms with Crippen molar-refractivity contribution in [2.24, 2.45) is 0 Å². The maximum Gasteiger partial charge on any atom is 0.140 e. The molecule has 1 heterocycles. The van der Waals surface area contributed by atoms with Crippen molar-refractivity contribution in [3.63, 3.8) is 0 Å². The minimum absolute atomic E-state index is 0.324. The number of nitriles is 1. The first-order valence-electron chi connectivity index (χ1n) is 5.36. The van der Waals surface area contributed by atoms with Gasteiger partial charge in [-0.05, 0) is 24.7 Å². The van der Waals surface area contributed by atoms with Crippen LogP contribution < -0.4 is 0 Å². The van der Waals surface area contributed by atoms with E-state index in [1.54, 1.807) is 19.4 Å². The SMILES string of the molecule is COCC(O)CN(C)Cc1ccnc(C#N)c1. The molecule has 1 rings (SSSR count). The van der Waals surface area contributed by atoms with Crippen LogP contribution in [0.15, 0.2) is 18.3 Å². The molecule has 92 valence electrons. The van der Waals surface area contributed by atoms with Gasteiger partial charge in [-0.2, -0.15) is 5.26 Å². The van der Waals surface area contributed by atoms with Crippen LogP contribution in [-0.4, -0.2) is 48.4 Å². The quantitative estimate of drug-likeness (QED) is 0.772. The molecular formula is C12H17N3O2. The molecule has 0 fully saturated rings. The van der Waals surface area contributed by atoms with Gasteiger partial charge in [-0.15, -0.1) is 0 Å². The third-order valence-corrected chi connectivity index (χ3v) is 2.27. The fourth-order valence-corrected chi connectivity index (χ4v) is 1.61. The zero-order valence-corrected chi connectivity index (χ0v) is 10.1. The van der Waals surface area contributed by atoms with Crippen molar-refractivity contribution < 1.29 is 9.84 Å². The molecule has 1 aromatic rings. The minimum atomic E-state index is -0.498. The number of methoxy groups -OCH3 is 1. The normalized spacial score (nSPS) is 12.4. The molecule has 1 N–H and O–H groups in total. The van der Waals surface area contributed by atoms with E-state index in [1.165, 1.54) is 0 Å². The van der Waals surface area contributed by atoms with Crippen LogP contribution in [0.1, 0.15) is 11.3 Å². The van der Waals surface area contributed by atoms with Crippen molar-refractivity contribution in [2.75, 3.05) is 27.3 Å². The lowest BCUT2D eigenvalue weighted by molar-refractivity contribution is 0.0419. The van der Waals surface area contributed by atoms with Gasteiger partial charge in [0, 0.05) is 26.4 Å². The molecule has 0 saturated carbocycles. The van der Waals surface area contributed by atoms with Gasteiger partial charge < -0.3 is 9.84 Å². The van der Waals surface area contributed by atoms with Gasteiger partial charge in [0.1, 0.15) is 11.8 Å². The van der Waals surface area contributed by atoms with E-state index in [-0.39, 0.29) is 0 Å². The number of ether oxygens (including phenoxy) is 1. The maximum atomic E-state index is 9.57. The largest absolute Gasteiger partial charge is 0.389 e. The summed E-state index contributed by atoms with van der Waals surface area (Å²) < 4.78 is 4.86. The Bertz CT molecular complexity index is 390. The summed E-state index contributed by atoms with van der Waals surface area (Å²) in [6.07, 6.45) is 1.12. The fourth-order valence-electron chi connectivity index (χ4n) is 1.61. The third kappa shape index (κ3) is 4.91. The average molecular weight is 235 g/mol. The molecule has 0 aliphatic carbocycles. The summed E-state index contributed by atoms with van der Waals surface area (Å²) in [5, 5.41) is 18.3. The zero-order valence-electron chi connectivity index (χ0n) is 10.1. The van der Waals surface area contributed by atoms with Gasteiger partial charge in [-0.3, -0.25) is 4.90 Å². The van der Waals surface area contributed by atoms with Crippen molar-refractivity contribution in [1.29, 1.82) is 5.26 Å². The number of aliphatic hydroxyl groups excluding tert-OH is 1. The van der Waals surface area contributed by atoms with Crippen molar-refractivity contribution in [3.05, 3.63) is 29.6 Å². The molecule has 0 amide bonds. The second-order valence-corrected chi connectivity index (χ2v) is 3.97. The van der Waals surface area contributed by atoms with Gasteiger partial charge in [-0.1, -0.05) is 0 Å². The van der Waals surface area contributed by atoms with Crippen molar-refractivity contribution in [2.45, 2.75) is 12.6 Å². The van der Waals surface area contributed by atoms with Crippen LogP contribution in [0.2, 0.25) is 0 Å². The van der Waals surface area contributed by atoms with Crippen molar-refractivity contribution in [1.82, 2.24) is 9.88 Å². The Morgan fingerprint density at radius 1 is 1.65 bits per heavy atom. The second kappa shape index (κ2) is 6.97. The van der Waals surface area contributed by atoms with Crippen LogP contribution in [0.3, 0.4) is 0 Å². The fraction of sp³-hybridized carbons (Fsp3) is 0.500. The molecule has 0 bridgehead atoms. The Kier molecular flexibility index (Phi) is 5.57. The highest BCUT2D eigenvalue weighted by atomic mass is 16.5. The number of pyridine rings is 1. The highest BCUT2D eigenvalue weighted by Crippen LogP contribution is 2.04. The number of hydrogen-bond acceptors (Lipinski definition) is 5. The van der Waals surface area contributed by atoms with E-state index in [0.29, 0.717) is 25.4 Å². The highest BCUT2D eigenvalue weighted by molar-refractivity contribution is 5.25. The van der Waals surface area contributed by atoms with Crippen LogP contribution in [0.5, 0.6) is 0 Å². The van der Waals surface area contributed by atoms with E-state index >= 15 is 0 Å². The molecule has 17 heavy (non-hydrogen) atoms. The Morgan fingerprint density at radius 3 is 3.06 bits per heavy atom. The molecule has 1 aromatic heterocycles. The van der Waals surface area contributed by atoms with Crippen LogP contribution >= 0.6 is 0 Å². The summed E-state index contributed by atoms with van der Waals surface area (Å²) in [5.41, 5.74) is 1.41. The van der Waals surface area contributed by atoms with Crippen molar-refractivity contribution in [3.8, 4) is 6.07 Å². The molecular weight excluding hydrogens is 218 g/mol. The Balaban J connectivity index is 2.50. The van der Waals surface area contributed by atoms with E-state index in [9.17, 15) is 5.11 Å². The molecule has 5 nitrogen and oxygen atoms in total. The Morgan fingerprint density at radius 2 is 2.41 bits per heavy atom. The van der Waals surface area contributed by atoms with Crippen molar-refractivity contribution >= 4 is 0 Å². The third-order valence-electron chi connectivity index (χ3n) is 2.27. The topological polar surface area (TPSA) is 69.4 Å². The van der Waals surface area contributed by atoms with Gasteiger partial charge in [0.25, 0.3) is 0 Å². The molecule has 0 saturated heterocycles. The lowest BCUT2D eigenvalue weighted by atomic mass is 10.2. The predicted molar refractivity (Wildman–Crippen MR) is 63.2 cm³/mol. The van der Waals surface area contributed by atoms with Gasteiger partial charge in [0.2, 0.25) is 0 Å². The Labute approximate surface area is 101 Å². The number of likely N-dealkylation sites (N-methyl/N-ethyl adjacent to an activating group) is 1. The summed E-state index contributed by atoms with van der Waals surface area (Å²) in [6.45, 7) is 1.51. The highest BCUT2D eigenvalue weighted by Gasteiger charge is 2.08. The first-order valence-corrected chi connectivity index (χ1v) is 5.36. The molecule has 0 aliphatic rings. The van der Waals surface area contributed by atoms with Gasteiger partial charge >= 0.3 is 0 Å². The van der Waals surface area contributed by atoms with E-state index in [4.69, 9.17) is 10.00 Å². The summed E-state index contributed by atoms with van der Waals surface area (Å²) in [5.74, 6) is 0. The second-order valence-electron chi connectivity index (χ2n) is 3.97. The monoisotopic (exact) mass is 235 g/mol. The van der Waals surface area contributed by atoms with Crippen LogP contribution in [0.4, 0.5) is 0 Å². The first-order chi connectivity index (χ1) is 8.15. The average Bonchev–Trinajstić information content (AvgIpc) is 2.29. The number of aliphatic hydroxyl groups is 1. The predicted octanol–water partition coefficient (Wildman–Crippen LogP) is 0.392. The summed E-state index contributed by atoms with van der Waals surface area (Å²) in [7, 11) is 3.47. The van der Waals surface area contributed by atoms with Gasteiger partial charge in [0.15, 0.2) is 0 Å². The van der Waals surface area contributed by atoms with Gasteiger partial charge in [0.05, 0.1) is 12.7 Å². The van der Waals surface area contributed by atoms with E-state index in [2.05, 4.69) is 4.98 Å². The first kappa shape index (κ1) is 13.6. The number of nitrogens with zero attached hydrogens (tertiary/aromatic N) is 3. The number of hydrogen-bond donors (Lipinski definition) is 1.